The molecule has 0 bridgehead atoms. The van der Waals surface area contributed by atoms with Crippen molar-refractivity contribution in [2.24, 2.45) is 0 Å². The van der Waals surface area contributed by atoms with Gasteiger partial charge in [-0.05, 0) is 25.8 Å². The van der Waals surface area contributed by atoms with Crippen molar-refractivity contribution in [1.29, 1.82) is 0 Å². The van der Waals surface area contributed by atoms with Gasteiger partial charge in [-0.15, -0.1) is 11.3 Å². The molecular weight excluding hydrogens is 318 g/mol. The van der Waals surface area contributed by atoms with Crippen molar-refractivity contribution >= 4 is 33.4 Å². The molecular formula is C15H19N3O4S. The third-order valence-electron chi connectivity index (χ3n) is 3.78. The molecule has 23 heavy (non-hydrogen) atoms. The number of nitrogens with one attached hydrogen (secondary N) is 1. The number of aliphatic carboxylic acids is 1. The molecule has 0 spiro atoms. The summed E-state index contributed by atoms with van der Waals surface area (Å²) in [5.74, 6) is -1.36. The fourth-order valence-corrected chi connectivity index (χ4v) is 3.38. The maximum Gasteiger partial charge on any atom is 0.305 e. The Bertz CT molecular complexity index is 809. The van der Waals surface area contributed by atoms with Crippen LogP contribution in [0.15, 0.2) is 11.1 Å². The van der Waals surface area contributed by atoms with Gasteiger partial charge in [0.05, 0.1) is 18.1 Å². The van der Waals surface area contributed by atoms with E-state index in [9.17, 15) is 14.4 Å². The molecule has 0 radical (unpaired) electrons. The summed E-state index contributed by atoms with van der Waals surface area (Å²) in [4.78, 5) is 41.5. The van der Waals surface area contributed by atoms with Crippen LogP contribution >= 0.6 is 11.3 Å². The lowest BCUT2D eigenvalue weighted by Crippen LogP contribution is -2.38. The minimum absolute atomic E-state index is 0.0334. The van der Waals surface area contributed by atoms with Crippen LogP contribution < -0.4 is 10.9 Å². The monoisotopic (exact) mass is 337 g/mol. The van der Waals surface area contributed by atoms with Crippen LogP contribution in [-0.4, -0.2) is 33.1 Å². The molecule has 1 amide bonds. The van der Waals surface area contributed by atoms with Crippen molar-refractivity contribution in [1.82, 2.24) is 14.9 Å². The maximum atomic E-state index is 12.7. The first-order chi connectivity index (χ1) is 10.9. The highest BCUT2D eigenvalue weighted by molar-refractivity contribution is 7.18. The molecule has 124 valence electrons. The molecule has 1 unspecified atom stereocenters. The molecule has 2 aromatic rings. The van der Waals surface area contributed by atoms with Gasteiger partial charge in [0.15, 0.2) is 0 Å². The molecule has 0 aliphatic heterocycles. The standard InChI is InChI=1S/C15H19N3O4S/c1-4-10(13(21)16-6-5-11(19)20)18-7-17-14-12(15(18)22)8(2)9(3)23-14/h7,10H,4-6H2,1-3H3,(H,16,21)(H,19,20). The zero-order valence-electron chi connectivity index (χ0n) is 13.3. The summed E-state index contributed by atoms with van der Waals surface area (Å²) in [6.45, 7) is 5.63. The second-order valence-corrected chi connectivity index (χ2v) is 6.48. The SMILES string of the molecule is CCC(C(=O)NCCC(=O)O)n1cnc2sc(C)c(C)c2c1=O. The maximum absolute atomic E-state index is 12.7. The first kappa shape index (κ1) is 17.1. The lowest BCUT2D eigenvalue weighted by molar-refractivity contribution is -0.137. The highest BCUT2D eigenvalue weighted by Gasteiger charge is 2.22. The molecule has 0 aliphatic carbocycles. The van der Waals surface area contributed by atoms with Crippen molar-refractivity contribution in [2.75, 3.05) is 6.54 Å². The van der Waals surface area contributed by atoms with Crippen LogP contribution in [0.4, 0.5) is 0 Å². The Balaban J connectivity index is 2.34. The van der Waals surface area contributed by atoms with E-state index in [2.05, 4.69) is 10.3 Å². The summed E-state index contributed by atoms with van der Waals surface area (Å²) < 4.78 is 1.33. The number of fused-ring (bicyclic) bond motifs is 1. The van der Waals surface area contributed by atoms with E-state index in [-0.39, 0.29) is 24.4 Å². The summed E-state index contributed by atoms with van der Waals surface area (Å²) >= 11 is 1.46. The Hall–Kier alpha value is -2.22. The van der Waals surface area contributed by atoms with Gasteiger partial charge in [-0.1, -0.05) is 6.92 Å². The van der Waals surface area contributed by atoms with Gasteiger partial charge in [-0.2, -0.15) is 0 Å². The molecule has 7 nitrogen and oxygen atoms in total. The van der Waals surface area contributed by atoms with Gasteiger partial charge in [0.2, 0.25) is 5.91 Å². The van der Waals surface area contributed by atoms with Gasteiger partial charge in [-0.3, -0.25) is 19.0 Å². The second-order valence-electron chi connectivity index (χ2n) is 5.28. The average molecular weight is 337 g/mol. The highest BCUT2D eigenvalue weighted by atomic mass is 32.1. The molecule has 8 heteroatoms. The van der Waals surface area contributed by atoms with E-state index in [1.54, 1.807) is 6.92 Å². The van der Waals surface area contributed by atoms with Crippen LogP contribution in [0.3, 0.4) is 0 Å². The topological polar surface area (TPSA) is 101 Å². The quantitative estimate of drug-likeness (QED) is 0.834. The molecule has 0 aromatic carbocycles. The molecule has 1 atom stereocenters. The van der Waals surface area contributed by atoms with Crippen LogP contribution in [0.5, 0.6) is 0 Å². The summed E-state index contributed by atoms with van der Waals surface area (Å²) in [6.07, 6.45) is 1.65. The van der Waals surface area contributed by atoms with Crippen molar-refractivity contribution < 1.29 is 14.7 Å². The number of carbonyl (C=O) groups is 2. The number of rotatable bonds is 6. The van der Waals surface area contributed by atoms with Crippen LogP contribution in [0.25, 0.3) is 10.2 Å². The molecule has 2 aromatic heterocycles. The van der Waals surface area contributed by atoms with E-state index in [1.807, 2.05) is 13.8 Å². The number of nitrogens with zero attached hydrogens (tertiary/aromatic N) is 2. The number of carboxylic acid groups (broad SMARTS) is 1. The smallest absolute Gasteiger partial charge is 0.305 e. The number of aromatic nitrogens is 2. The van der Waals surface area contributed by atoms with Crippen molar-refractivity contribution in [3.8, 4) is 0 Å². The number of hydrogen-bond donors (Lipinski definition) is 2. The van der Waals surface area contributed by atoms with Crippen LogP contribution in [0.1, 0.15) is 36.2 Å². The predicted octanol–water partition coefficient (Wildman–Crippen LogP) is 1.62. The second kappa shape index (κ2) is 6.91. The van der Waals surface area contributed by atoms with E-state index in [0.717, 1.165) is 10.4 Å². The van der Waals surface area contributed by atoms with Crippen molar-refractivity contribution in [3.05, 3.63) is 27.1 Å². The number of carbonyl (C=O) groups excluding carboxylic acids is 1. The Morgan fingerprint density at radius 3 is 2.74 bits per heavy atom. The summed E-state index contributed by atoms with van der Waals surface area (Å²) in [5.41, 5.74) is 0.648. The fourth-order valence-electron chi connectivity index (χ4n) is 2.39. The van der Waals surface area contributed by atoms with Gasteiger partial charge < -0.3 is 10.4 Å². The first-order valence-electron chi connectivity index (χ1n) is 7.33. The normalized spacial score (nSPS) is 12.3. The molecule has 0 saturated heterocycles. The summed E-state index contributed by atoms with van der Waals surface area (Å²) in [6, 6.07) is -0.701. The van der Waals surface area contributed by atoms with Crippen molar-refractivity contribution in [3.63, 3.8) is 0 Å². The number of hydrogen-bond acceptors (Lipinski definition) is 5. The Kier molecular flexibility index (Phi) is 5.15. The molecule has 0 aliphatic rings. The lowest BCUT2D eigenvalue weighted by Gasteiger charge is -2.17. The van der Waals surface area contributed by atoms with E-state index in [0.29, 0.717) is 16.6 Å². The Morgan fingerprint density at radius 2 is 2.13 bits per heavy atom. The zero-order chi connectivity index (χ0) is 17.1. The largest absolute Gasteiger partial charge is 0.481 e. The zero-order valence-corrected chi connectivity index (χ0v) is 14.1. The molecule has 2 heterocycles. The van der Waals surface area contributed by atoms with E-state index in [4.69, 9.17) is 5.11 Å². The minimum atomic E-state index is -0.983. The molecule has 0 fully saturated rings. The third kappa shape index (κ3) is 3.42. The molecule has 0 saturated carbocycles. The van der Waals surface area contributed by atoms with Gasteiger partial charge in [0.1, 0.15) is 10.9 Å². The number of amides is 1. The number of thiophene rings is 1. The highest BCUT2D eigenvalue weighted by Crippen LogP contribution is 2.26. The summed E-state index contributed by atoms with van der Waals surface area (Å²) in [7, 11) is 0. The van der Waals surface area contributed by atoms with Gasteiger partial charge in [0, 0.05) is 11.4 Å². The lowest BCUT2D eigenvalue weighted by atomic mass is 10.2. The Morgan fingerprint density at radius 1 is 1.43 bits per heavy atom. The van der Waals surface area contributed by atoms with E-state index in [1.165, 1.54) is 22.2 Å². The van der Waals surface area contributed by atoms with Crippen LogP contribution in [-0.2, 0) is 9.59 Å². The van der Waals surface area contributed by atoms with Crippen molar-refractivity contribution in [2.45, 2.75) is 39.7 Å². The van der Waals surface area contributed by atoms with Gasteiger partial charge >= 0.3 is 5.97 Å². The number of carboxylic acids is 1. The first-order valence-corrected chi connectivity index (χ1v) is 8.14. The third-order valence-corrected chi connectivity index (χ3v) is 4.89. The van der Waals surface area contributed by atoms with Crippen LogP contribution in [0.2, 0.25) is 0 Å². The molecule has 2 N–H and O–H groups in total. The predicted molar refractivity (Wildman–Crippen MR) is 87.9 cm³/mol. The van der Waals surface area contributed by atoms with E-state index >= 15 is 0 Å². The number of aryl methyl sites for hydroxylation is 2. The summed E-state index contributed by atoms with van der Waals surface area (Å²) in [5, 5.41) is 11.7. The van der Waals surface area contributed by atoms with E-state index < -0.39 is 12.0 Å². The fraction of sp³-hybridized carbons (Fsp3) is 0.467. The average Bonchev–Trinajstić information content (AvgIpc) is 2.77. The Labute approximate surface area is 137 Å². The minimum Gasteiger partial charge on any atom is -0.481 e. The molecule has 2 rings (SSSR count). The van der Waals surface area contributed by atoms with Crippen LogP contribution in [0, 0.1) is 13.8 Å². The van der Waals surface area contributed by atoms with Gasteiger partial charge in [0.25, 0.3) is 5.56 Å². The van der Waals surface area contributed by atoms with Gasteiger partial charge in [-0.25, -0.2) is 4.98 Å².